The van der Waals surface area contributed by atoms with Gasteiger partial charge in [-0.3, -0.25) is 9.59 Å². The van der Waals surface area contributed by atoms with E-state index >= 15 is 0 Å². The molecule has 1 aliphatic heterocycles. The van der Waals surface area contributed by atoms with Crippen molar-refractivity contribution in [2.75, 3.05) is 25.0 Å². The number of carbonyl (C=O) groups is 2. The van der Waals surface area contributed by atoms with Crippen LogP contribution in [-0.4, -0.2) is 36.3 Å². The number of hydrogen-bond acceptors (Lipinski definition) is 3. The lowest BCUT2D eigenvalue weighted by Crippen LogP contribution is -2.37. The van der Waals surface area contributed by atoms with E-state index in [1.807, 2.05) is 4.90 Å². The lowest BCUT2D eigenvalue weighted by atomic mass is 9.98. The van der Waals surface area contributed by atoms with Gasteiger partial charge in [-0.25, -0.2) is 0 Å². The Morgan fingerprint density at radius 3 is 2.33 bits per heavy atom. The van der Waals surface area contributed by atoms with E-state index < -0.39 is 0 Å². The predicted molar refractivity (Wildman–Crippen MR) is 85.7 cm³/mol. The molecular formula is C15H22ClN3O2. The Balaban J connectivity index is 0.00000220. The number of rotatable bonds is 3. The van der Waals surface area contributed by atoms with Crippen LogP contribution >= 0.6 is 12.4 Å². The van der Waals surface area contributed by atoms with Crippen LogP contribution in [0.5, 0.6) is 0 Å². The Bertz CT molecular complexity index is 482. The summed E-state index contributed by atoms with van der Waals surface area (Å²) in [5.74, 6) is 0.524. The first kappa shape index (κ1) is 17.5. The van der Waals surface area contributed by atoms with E-state index in [0.717, 1.165) is 25.9 Å². The Kier molecular flexibility index (Phi) is 6.65. The van der Waals surface area contributed by atoms with Gasteiger partial charge in [0.25, 0.3) is 5.91 Å². The number of carbonyl (C=O) groups excluding carboxylic acids is 2. The third kappa shape index (κ3) is 4.72. The average molecular weight is 312 g/mol. The van der Waals surface area contributed by atoms with Crippen molar-refractivity contribution in [2.24, 2.45) is 11.7 Å². The molecule has 0 radical (unpaired) electrons. The van der Waals surface area contributed by atoms with Gasteiger partial charge in [0.15, 0.2) is 0 Å². The molecule has 0 spiro atoms. The second-order valence-electron chi connectivity index (χ2n) is 5.30. The van der Waals surface area contributed by atoms with Gasteiger partial charge in [-0.15, -0.1) is 12.4 Å². The monoisotopic (exact) mass is 311 g/mol. The standard InChI is InChI=1S/C15H21N3O2.ClH/c1-11-6-8-18(9-7-11)15(20)12-2-4-13(5-3-12)17-14(19)10-16;/h2-5,11H,6-10,16H2,1H3,(H,17,19);1H. The maximum absolute atomic E-state index is 12.3. The molecule has 0 aliphatic carbocycles. The van der Waals surface area contributed by atoms with E-state index in [-0.39, 0.29) is 30.8 Å². The van der Waals surface area contributed by atoms with Crippen LogP contribution in [0, 0.1) is 5.92 Å². The topological polar surface area (TPSA) is 75.4 Å². The lowest BCUT2D eigenvalue weighted by molar-refractivity contribution is -0.114. The highest BCUT2D eigenvalue weighted by Crippen LogP contribution is 2.19. The smallest absolute Gasteiger partial charge is 0.253 e. The van der Waals surface area contributed by atoms with Gasteiger partial charge < -0.3 is 16.0 Å². The van der Waals surface area contributed by atoms with E-state index in [4.69, 9.17) is 5.73 Å². The number of nitrogens with two attached hydrogens (primary N) is 1. The number of amides is 2. The highest BCUT2D eigenvalue weighted by molar-refractivity contribution is 5.96. The van der Waals surface area contributed by atoms with Gasteiger partial charge in [-0.2, -0.15) is 0 Å². The first-order chi connectivity index (χ1) is 9.60. The molecule has 116 valence electrons. The molecule has 6 heteroatoms. The summed E-state index contributed by atoms with van der Waals surface area (Å²) >= 11 is 0. The Morgan fingerprint density at radius 1 is 1.24 bits per heavy atom. The molecule has 1 aromatic rings. The molecule has 3 N–H and O–H groups in total. The Hall–Kier alpha value is -1.59. The molecule has 0 aromatic heterocycles. The van der Waals surface area contributed by atoms with Crippen LogP contribution in [0.3, 0.4) is 0 Å². The molecule has 1 aliphatic rings. The molecule has 2 rings (SSSR count). The SMILES string of the molecule is CC1CCN(C(=O)c2ccc(NC(=O)CN)cc2)CC1.Cl. The fourth-order valence-corrected chi connectivity index (χ4v) is 2.30. The minimum absolute atomic E-state index is 0. The van der Waals surface area contributed by atoms with E-state index in [1.165, 1.54) is 0 Å². The van der Waals surface area contributed by atoms with E-state index in [1.54, 1.807) is 24.3 Å². The molecule has 0 bridgehead atoms. The number of halogens is 1. The average Bonchev–Trinajstić information content (AvgIpc) is 2.48. The maximum Gasteiger partial charge on any atom is 0.253 e. The maximum atomic E-state index is 12.3. The van der Waals surface area contributed by atoms with Crippen LogP contribution < -0.4 is 11.1 Å². The summed E-state index contributed by atoms with van der Waals surface area (Å²) in [5, 5.41) is 2.65. The molecule has 5 nitrogen and oxygen atoms in total. The fraction of sp³-hybridized carbons (Fsp3) is 0.467. The van der Waals surface area contributed by atoms with Crippen LogP contribution in [0.25, 0.3) is 0 Å². The summed E-state index contributed by atoms with van der Waals surface area (Å²) in [7, 11) is 0. The van der Waals surface area contributed by atoms with E-state index in [2.05, 4.69) is 12.2 Å². The first-order valence-electron chi connectivity index (χ1n) is 6.99. The van der Waals surface area contributed by atoms with Crippen LogP contribution in [0.2, 0.25) is 0 Å². The van der Waals surface area contributed by atoms with Crippen molar-refractivity contribution >= 4 is 29.9 Å². The van der Waals surface area contributed by atoms with E-state index in [9.17, 15) is 9.59 Å². The second-order valence-corrected chi connectivity index (χ2v) is 5.30. The van der Waals surface area contributed by atoms with E-state index in [0.29, 0.717) is 17.2 Å². The molecule has 1 fully saturated rings. The minimum atomic E-state index is -0.242. The van der Waals surface area contributed by atoms with Crippen molar-refractivity contribution < 1.29 is 9.59 Å². The van der Waals surface area contributed by atoms with Crippen LogP contribution in [0.15, 0.2) is 24.3 Å². The summed E-state index contributed by atoms with van der Waals surface area (Å²) < 4.78 is 0. The summed E-state index contributed by atoms with van der Waals surface area (Å²) in [6.07, 6.45) is 2.13. The van der Waals surface area contributed by atoms with Crippen molar-refractivity contribution in [2.45, 2.75) is 19.8 Å². The number of benzene rings is 1. The molecule has 1 aromatic carbocycles. The fourth-order valence-electron chi connectivity index (χ4n) is 2.30. The molecule has 0 saturated carbocycles. The quantitative estimate of drug-likeness (QED) is 0.895. The predicted octanol–water partition coefficient (Wildman–Crippen LogP) is 1.88. The molecule has 21 heavy (non-hydrogen) atoms. The van der Waals surface area contributed by atoms with Crippen molar-refractivity contribution in [1.82, 2.24) is 4.90 Å². The van der Waals surface area contributed by atoms with Gasteiger partial charge in [0.05, 0.1) is 6.54 Å². The zero-order valence-corrected chi connectivity index (χ0v) is 13.0. The molecular weight excluding hydrogens is 290 g/mol. The second kappa shape index (κ2) is 8.00. The molecule has 1 saturated heterocycles. The largest absolute Gasteiger partial charge is 0.339 e. The highest BCUT2D eigenvalue weighted by Gasteiger charge is 2.21. The summed E-state index contributed by atoms with van der Waals surface area (Å²) in [6.45, 7) is 3.82. The number of likely N-dealkylation sites (tertiary alicyclic amines) is 1. The van der Waals surface area contributed by atoms with Gasteiger partial charge in [0, 0.05) is 24.3 Å². The first-order valence-corrected chi connectivity index (χ1v) is 6.99. The molecule has 0 unspecified atom stereocenters. The zero-order chi connectivity index (χ0) is 14.5. The number of anilines is 1. The number of piperidine rings is 1. The van der Waals surface area contributed by atoms with Crippen molar-refractivity contribution in [3.8, 4) is 0 Å². The number of hydrogen-bond donors (Lipinski definition) is 2. The minimum Gasteiger partial charge on any atom is -0.339 e. The summed E-state index contributed by atoms with van der Waals surface area (Å²) in [4.78, 5) is 25.4. The highest BCUT2D eigenvalue weighted by atomic mass is 35.5. The number of nitrogens with one attached hydrogen (secondary N) is 1. The van der Waals surface area contributed by atoms with Crippen molar-refractivity contribution in [3.05, 3.63) is 29.8 Å². The third-order valence-corrected chi connectivity index (χ3v) is 3.67. The lowest BCUT2D eigenvalue weighted by Gasteiger charge is -2.30. The van der Waals surface area contributed by atoms with Crippen LogP contribution in [0.4, 0.5) is 5.69 Å². The zero-order valence-electron chi connectivity index (χ0n) is 12.2. The Labute approximate surface area is 131 Å². The van der Waals surface area contributed by atoms with Crippen molar-refractivity contribution in [1.29, 1.82) is 0 Å². The van der Waals surface area contributed by atoms with Gasteiger partial charge in [0.1, 0.15) is 0 Å². The van der Waals surface area contributed by atoms with Crippen molar-refractivity contribution in [3.63, 3.8) is 0 Å². The van der Waals surface area contributed by atoms with Gasteiger partial charge in [-0.05, 0) is 43.0 Å². The van der Waals surface area contributed by atoms with Crippen LogP contribution in [0.1, 0.15) is 30.1 Å². The van der Waals surface area contributed by atoms with Crippen LogP contribution in [-0.2, 0) is 4.79 Å². The molecule has 0 atom stereocenters. The van der Waals surface area contributed by atoms with Gasteiger partial charge in [-0.1, -0.05) is 6.92 Å². The normalized spacial score (nSPS) is 15.2. The number of nitrogens with zero attached hydrogens (tertiary/aromatic N) is 1. The third-order valence-electron chi connectivity index (χ3n) is 3.67. The summed E-state index contributed by atoms with van der Waals surface area (Å²) in [5.41, 5.74) is 6.55. The molecule has 2 amide bonds. The van der Waals surface area contributed by atoms with Gasteiger partial charge in [0.2, 0.25) is 5.91 Å². The molecule has 1 heterocycles. The Morgan fingerprint density at radius 2 is 1.81 bits per heavy atom. The van der Waals surface area contributed by atoms with Gasteiger partial charge >= 0.3 is 0 Å². The summed E-state index contributed by atoms with van der Waals surface area (Å²) in [6, 6.07) is 6.94.